The van der Waals surface area contributed by atoms with Crippen LogP contribution in [0.25, 0.3) is 5.69 Å². The van der Waals surface area contributed by atoms with Gasteiger partial charge in [0.15, 0.2) is 0 Å². The molecule has 1 aliphatic rings. The maximum absolute atomic E-state index is 12.6. The molecule has 0 fully saturated rings. The first-order valence-corrected chi connectivity index (χ1v) is 9.50. The molecule has 5 nitrogen and oxygen atoms in total. The van der Waals surface area contributed by atoms with E-state index in [1.54, 1.807) is 16.8 Å². The lowest BCUT2D eigenvalue weighted by atomic mass is 10.2. The van der Waals surface area contributed by atoms with E-state index in [2.05, 4.69) is 10.4 Å². The van der Waals surface area contributed by atoms with Crippen LogP contribution in [0.2, 0.25) is 0 Å². The molecule has 126 valence electrons. The van der Waals surface area contributed by atoms with Gasteiger partial charge >= 0.3 is 0 Å². The average Bonchev–Trinajstić information content (AvgIpc) is 3.13. The number of carbonyl (C=O) groups excluding carboxylic acids is 1. The molecule has 2 heterocycles. The molecule has 2 aromatic carbocycles. The van der Waals surface area contributed by atoms with Crippen molar-refractivity contribution in [3.8, 4) is 5.69 Å². The minimum absolute atomic E-state index is 0.200. The van der Waals surface area contributed by atoms with Gasteiger partial charge in [0.05, 0.1) is 22.9 Å². The zero-order valence-corrected chi connectivity index (χ0v) is 14.5. The Morgan fingerprint density at radius 3 is 2.52 bits per heavy atom. The van der Waals surface area contributed by atoms with Crippen molar-refractivity contribution in [3.05, 3.63) is 77.0 Å². The highest BCUT2D eigenvalue weighted by Gasteiger charge is 2.28. The molecule has 4 rings (SSSR count). The first-order chi connectivity index (χ1) is 12.1. The Hall–Kier alpha value is -2.73. The molecule has 1 unspecified atom stereocenters. The van der Waals surface area contributed by atoms with Gasteiger partial charge in [-0.1, -0.05) is 35.9 Å². The fraction of sp³-hybridized carbons (Fsp3) is 0.158. The molecule has 0 radical (unpaired) electrons. The number of nitrogens with one attached hydrogen (secondary N) is 1. The maximum atomic E-state index is 12.6. The number of nitrogens with zero attached hydrogens (tertiary/aromatic N) is 2. The summed E-state index contributed by atoms with van der Waals surface area (Å²) in [6.07, 6.45) is 0. The Labute approximate surface area is 148 Å². The molecule has 1 N–H and O–H groups in total. The number of fused-ring (bicyclic) bond motifs is 1. The molecule has 1 amide bonds. The zero-order chi connectivity index (χ0) is 17.4. The SMILES string of the molecule is Cc1ccc(-n2nc3c(c2NC(=O)c2ccccc2)CS(=O)C3)cc1. The van der Waals surface area contributed by atoms with E-state index in [1.165, 1.54) is 0 Å². The fourth-order valence-corrected chi connectivity index (χ4v) is 4.16. The van der Waals surface area contributed by atoms with Crippen molar-refractivity contribution < 1.29 is 9.00 Å². The Kier molecular flexibility index (Phi) is 3.97. The van der Waals surface area contributed by atoms with Gasteiger partial charge < -0.3 is 5.32 Å². The minimum Gasteiger partial charge on any atom is -0.306 e. The lowest BCUT2D eigenvalue weighted by Crippen LogP contribution is -2.16. The van der Waals surface area contributed by atoms with Gasteiger partial charge in [0.25, 0.3) is 5.91 Å². The van der Waals surface area contributed by atoms with E-state index in [0.29, 0.717) is 22.9 Å². The fourth-order valence-electron chi connectivity index (χ4n) is 2.90. The Morgan fingerprint density at radius 2 is 1.80 bits per heavy atom. The lowest BCUT2D eigenvalue weighted by Gasteiger charge is -2.11. The highest BCUT2D eigenvalue weighted by molar-refractivity contribution is 7.83. The van der Waals surface area contributed by atoms with Gasteiger partial charge in [-0.2, -0.15) is 5.10 Å². The Morgan fingerprint density at radius 1 is 1.08 bits per heavy atom. The minimum atomic E-state index is -0.953. The molecular formula is C19H17N3O2S. The van der Waals surface area contributed by atoms with Crippen LogP contribution in [-0.4, -0.2) is 19.9 Å². The first kappa shape index (κ1) is 15.8. The summed E-state index contributed by atoms with van der Waals surface area (Å²) >= 11 is 0. The van der Waals surface area contributed by atoms with Gasteiger partial charge in [-0.25, -0.2) is 4.68 Å². The van der Waals surface area contributed by atoms with Crippen molar-refractivity contribution in [1.82, 2.24) is 9.78 Å². The van der Waals surface area contributed by atoms with Crippen LogP contribution in [0.4, 0.5) is 5.82 Å². The van der Waals surface area contributed by atoms with Crippen molar-refractivity contribution in [3.63, 3.8) is 0 Å². The molecule has 1 aliphatic heterocycles. The predicted octanol–water partition coefficient (Wildman–Crippen LogP) is 3.20. The maximum Gasteiger partial charge on any atom is 0.256 e. The van der Waals surface area contributed by atoms with Crippen LogP contribution < -0.4 is 5.32 Å². The molecule has 0 saturated carbocycles. The van der Waals surface area contributed by atoms with Crippen molar-refractivity contribution in [2.24, 2.45) is 0 Å². The van der Waals surface area contributed by atoms with E-state index >= 15 is 0 Å². The largest absolute Gasteiger partial charge is 0.306 e. The van der Waals surface area contributed by atoms with Crippen molar-refractivity contribution in [2.45, 2.75) is 18.4 Å². The summed E-state index contributed by atoms with van der Waals surface area (Å²) in [6, 6.07) is 17.0. The van der Waals surface area contributed by atoms with Crippen molar-refractivity contribution >= 4 is 22.5 Å². The second kappa shape index (κ2) is 6.29. The molecule has 1 atom stereocenters. The number of amides is 1. The van der Waals surface area contributed by atoms with Crippen LogP contribution in [0.5, 0.6) is 0 Å². The van der Waals surface area contributed by atoms with Crippen molar-refractivity contribution in [1.29, 1.82) is 0 Å². The quantitative estimate of drug-likeness (QED) is 0.788. The van der Waals surface area contributed by atoms with Crippen LogP contribution in [0, 0.1) is 6.92 Å². The number of hydrogen-bond acceptors (Lipinski definition) is 3. The smallest absolute Gasteiger partial charge is 0.256 e. The summed E-state index contributed by atoms with van der Waals surface area (Å²) in [6.45, 7) is 2.02. The number of benzene rings is 2. The summed E-state index contributed by atoms with van der Waals surface area (Å²) in [7, 11) is -0.953. The monoisotopic (exact) mass is 351 g/mol. The average molecular weight is 351 g/mol. The first-order valence-electron chi connectivity index (χ1n) is 8.01. The van der Waals surface area contributed by atoms with Crippen LogP contribution in [0.3, 0.4) is 0 Å². The van der Waals surface area contributed by atoms with E-state index in [9.17, 15) is 9.00 Å². The number of carbonyl (C=O) groups is 1. The van der Waals surface area contributed by atoms with Gasteiger partial charge in [-0.15, -0.1) is 0 Å². The van der Waals surface area contributed by atoms with Crippen molar-refractivity contribution in [2.75, 3.05) is 5.32 Å². The van der Waals surface area contributed by atoms with Gasteiger partial charge in [0.2, 0.25) is 0 Å². The van der Waals surface area contributed by atoms with E-state index in [-0.39, 0.29) is 5.91 Å². The zero-order valence-electron chi connectivity index (χ0n) is 13.7. The van der Waals surface area contributed by atoms with E-state index in [4.69, 9.17) is 0 Å². The van der Waals surface area contributed by atoms with Gasteiger partial charge in [-0.05, 0) is 31.2 Å². The summed E-state index contributed by atoms with van der Waals surface area (Å²) in [5.74, 6) is 1.27. The highest BCUT2D eigenvalue weighted by Crippen LogP contribution is 2.31. The van der Waals surface area contributed by atoms with Crippen LogP contribution >= 0.6 is 0 Å². The highest BCUT2D eigenvalue weighted by atomic mass is 32.2. The third-order valence-electron chi connectivity index (χ3n) is 4.22. The molecular weight excluding hydrogens is 334 g/mol. The number of aryl methyl sites for hydroxylation is 1. The molecule has 6 heteroatoms. The van der Waals surface area contributed by atoms with Gasteiger partial charge in [-0.3, -0.25) is 9.00 Å². The molecule has 0 saturated heterocycles. The third kappa shape index (κ3) is 3.00. The third-order valence-corrected chi connectivity index (χ3v) is 5.42. The number of anilines is 1. The van der Waals surface area contributed by atoms with Gasteiger partial charge in [0, 0.05) is 21.9 Å². The summed E-state index contributed by atoms with van der Waals surface area (Å²) < 4.78 is 13.6. The molecule has 0 aliphatic carbocycles. The van der Waals surface area contributed by atoms with Crippen LogP contribution in [0.1, 0.15) is 27.2 Å². The molecule has 3 aromatic rings. The summed E-state index contributed by atoms with van der Waals surface area (Å²) in [5.41, 5.74) is 4.26. The summed E-state index contributed by atoms with van der Waals surface area (Å²) in [5, 5.41) is 7.56. The van der Waals surface area contributed by atoms with Crippen LogP contribution in [0.15, 0.2) is 54.6 Å². The Bertz CT molecular complexity index is 962. The summed E-state index contributed by atoms with van der Waals surface area (Å²) in [4.78, 5) is 12.6. The Balaban J connectivity index is 1.76. The number of aromatic nitrogens is 2. The van der Waals surface area contributed by atoms with E-state index in [0.717, 1.165) is 22.5 Å². The molecule has 1 aromatic heterocycles. The second-order valence-corrected chi connectivity index (χ2v) is 7.53. The predicted molar refractivity (Wildman–Crippen MR) is 98.2 cm³/mol. The van der Waals surface area contributed by atoms with E-state index in [1.807, 2.05) is 49.4 Å². The van der Waals surface area contributed by atoms with Crippen LogP contribution in [-0.2, 0) is 22.3 Å². The second-order valence-electron chi connectivity index (χ2n) is 6.07. The van der Waals surface area contributed by atoms with E-state index < -0.39 is 10.8 Å². The topological polar surface area (TPSA) is 64.0 Å². The molecule has 25 heavy (non-hydrogen) atoms. The van der Waals surface area contributed by atoms with Gasteiger partial charge in [0.1, 0.15) is 5.82 Å². The number of rotatable bonds is 3. The standard InChI is InChI=1S/C19H17N3O2S/c1-13-7-9-15(10-8-13)22-18(16-11-25(24)12-17(16)21-22)20-19(23)14-5-3-2-4-6-14/h2-10H,11-12H2,1H3,(H,20,23). The normalized spacial score (nSPS) is 15.8. The molecule has 0 bridgehead atoms. The molecule has 0 spiro atoms. The number of hydrogen-bond donors (Lipinski definition) is 1. The lowest BCUT2D eigenvalue weighted by molar-refractivity contribution is 0.102.